The van der Waals surface area contributed by atoms with Gasteiger partial charge in [0.05, 0.1) is 42.8 Å². The molecule has 0 spiro atoms. The van der Waals surface area contributed by atoms with Crippen molar-refractivity contribution >= 4 is 28.8 Å². The number of benzene rings is 1. The molecule has 1 saturated carbocycles. The quantitative estimate of drug-likeness (QED) is 0.714. The van der Waals surface area contributed by atoms with Crippen molar-refractivity contribution in [2.45, 2.75) is 70.2 Å². The van der Waals surface area contributed by atoms with Gasteiger partial charge >= 0.3 is 0 Å². The number of morpholine rings is 1. The minimum absolute atomic E-state index is 0.0332. The van der Waals surface area contributed by atoms with Crippen molar-refractivity contribution in [3.8, 4) is 0 Å². The normalized spacial score (nSPS) is 28.0. The third kappa shape index (κ3) is 4.05. The van der Waals surface area contributed by atoms with Crippen LogP contribution in [-0.4, -0.2) is 48.9 Å². The first-order valence-electron chi connectivity index (χ1n) is 12.9. The van der Waals surface area contributed by atoms with Crippen LogP contribution >= 0.6 is 0 Å². The number of pyridine rings is 1. The van der Waals surface area contributed by atoms with E-state index in [1.807, 2.05) is 17.9 Å². The number of carbonyl (C=O) groups is 1. The number of hydrogen-bond donors (Lipinski definition) is 1. The number of carbonyl (C=O) groups excluding carboxylic acids is 1. The highest BCUT2D eigenvalue weighted by Crippen LogP contribution is 2.41. The van der Waals surface area contributed by atoms with Gasteiger partial charge in [-0.3, -0.25) is 4.79 Å². The number of nitrogens with zero attached hydrogens (tertiary/aromatic N) is 3. The summed E-state index contributed by atoms with van der Waals surface area (Å²) in [5, 5.41) is 3.51. The number of nitrogens with one attached hydrogen (secondary N) is 1. The summed E-state index contributed by atoms with van der Waals surface area (Å²) in [5.41, 5.74) is 4.11. The van der Waals surface area contributed by atoms with Crippen molar-refractivity contribution in [1.82, 2.24) is 4.98 Å². The molecule has 7 rings (SSSR count). The number of hydrogen-bond acceptors (Lipinski definition) is 6. The largest absolute Gasteiger partial charge is 0.379 e. The van der Waals surface area contributed by atoms with Crippen molar-refractivity contribution in [1.29, 1.82) is 0 Å². The van der Waals surface area contributed by atoms with Crippen LogP contribution in [0.25, 0.3) is 0 Å². The van der Waals surface area contributed by atoms with Crippen LogP contribution in [0, 0.1) is 5.92 Å². The van der Waals surface area contributed by atoms with Crippen molar-refractivity contribution in [2.24, 2.45) is 5.92 Å². The first-order valence-corrected chi connectivity index (χ1v) is 12.9. The third-order valence-corrected chi connectivity index (χ3v) is 7.96. The van der Waals surface area contributed by atoms with E-state index in [4.69, 9.17) is 9.47 Å². The maximum absolute atomic E-state index is 14.0. The molecule has 1 aromatic carbocycles. The van der Waals surface area contributed by atoms with Gasteiger partial charge in [-0.25, -0.2) is 4.98 Å². The second-order valence-electron chi connectivity index (χ2n) is 10.0. The third-order valence-electron chi connectivity index (χ3n) is 7.96. The van der Waals surface area contributed by atoms with Gasteiger partial charge in [-0.15, -0.1) is 0 Å². The molecular formula is C27H34N4O3. The standard InChI is InChI=1S/C27H34N4O3/c1-2-33-22-9-5-18(6-10-22)27(32)31-15-19-4-3-13-28-26(19)29-24-12-8-20(14-25(24)31)30-16-23-11-7-21(30)17-34-23/h3-4,8,12-14,18,21-23H,2,5-7,9-11,15-17H2,1H3,(H,28,29)/t18-,21?,22-,23?. The van der Waals surface area contributed by atoms with Crippen LogP contribution in [0.3, 0.4) is 0 Å². The van der Waals surface area contributed by atoms with Crippen molar-refractivity contribution in [2.75, 3.05) is 34.9 Å². The highest BCUT2D eigenvalue weighted by molar-refractivity contribution is 6.00. The molecule has 3 saturated heterocycles. The van der Waals surface area contributed by atoms with Crippen LogP contribution in [0.2, 0.25) is 0 Å². The van der Waals surface area contributed by atoms with Gasteiger partial charge in [0.1, 0.15) is 5.82 Å². The zero-order valence-electron chi connectivity index (χ0n) is 19.9. The molecule has 1 aliphatic carbocycles. The van der Waals surface area contributed by atoms with E-state index < -0.39 is 0 Å². The smallest absolute Gasteiger partial charge is 0.230 e. The highest BCUT2D eigenvalue weighted by atomic mass is 16.5. The molecule has 2 bridgehead atoms. The predicted octanol–water partition coefficient (Wildman–Crippen LogP) is 4.63. The maximum Gasteiger partial charge on any atom is 0.230 e. The first-order chi connectivity index (χ1) is 16.7. The van der Waals surface area contributed by atoms with Gasteiger partial charge in [0.2, 0.25) is 5.91 Å². The Morgan fingerprint density at radius 1 is 1.18 bits per heavy atom. The Labute approximate surface area is 201 Å². The van der Waals surface area contributed by atoms with Gasteiger partial charge in [-0.2, -0.15) is 0 Å². The molecule has 4 fully saturated rings. The Bertz CT molecular complexity index is 1040. The summed E-state index contributed by atoms with van der Waals surface area (Å²) in [7, 11) is 0. The molecule has 1 aromatic heterocycles. The first kappa shape index (κ1) is 21.9. The molecule has 4 aliphatic heterocycles. The summed E-state index contributed by atoms with van der Waals surface area (Å²) in [6, 6.07) is 10.9. The topological polar surface area (TPSA) is 66.9 Å². The molecule has 180 valence electrons. The summed E-state index contributed by atoms with van der Waals surface area (Å²) in [6.07, 6.45) is 8.40. The fourth-order valence-corrected chi connectivity index (χ4v) is 6.09. The predicted molar refractivity (Wildman–Crippen MR) is 133 cm³/mol. The zero-order valence-corrected chi connectivity index (χ0v) is 19.9. The lowest BCUT2D eigenvalue weighted by molar-refractivity contribution is -0.124. The van der Waals surface area contributed by atoms with Crippen LogP contribution in [0.1, 0.15) is 51.0 Å². The summed E-state index contributed by atoms with van der Waals surface area (Å²) in [4.78, 5) is 23.0. The Kier molecular flexibility index (Phi) is 5.91. The van der Waals surface area contributed by atoms with Gasteiger partial charge in [-0.1, -0.05) is 6.07 Å². The van der Waals surface area contributed by atoms with Gasteiger partial charge in [0, 0.05) is 36.5 Å². The summed E-state index contributed by atoms with van der Waals surface area (Å²) < 4.78 is 11.8. The molecule has 2 unspecified atom stereocenters. The number of anilines is 4. The monoisotopic (exact) mass is 462 g/mol. The lowest BCUT2D eigenvalue weighted by Gasteiger charge is -2.46. The Morgan fingerprint density at radius 3 is 2.79 bits per heavy atom. The summed E-state index contributed by atoms with van der Waals surface area (Å²) >= 11 is 0. The second kappa shape index (κ2) is 9.19. The number of ether oxygens (including phenoxy) is 2. The molecule has 5 aliphatic rings. The van der Waals surface area contributed by atoms with Gasteiger partial charge in [0.25, 0.3) is 0 Å². The number of piperidine rings is 1. The van der Waals surface area contributed by atoms with Crippen molar-refractivity contribution in [3.05, 3.63) is 42.1 Å². The SMILES string of the molecule is CCO[C@H]1CC[C@H](C(=O)N2Cc3cccnc3Nc3ccc(N4CC5CCC4CO5)cc32)CC1. The van der Waals surface area contributed by atoms with E-state index in [-0.39, 0.29) is 11.8 Å². The van der Waals surface area contributed by atoms with E-state index in [1.165, 1.54) is 12.1 Å². The number of amides is 1. The lowest BCUT2D eigenvalue weighted by Crippen LogP contribution is -2.54. The molecule has 1 N–H and O–H groups in total. The second-order valence-corrected chi connectivity index (χ2v) is 10.0. The summed E-state index contributed by atoms with van der Waals surface area (Å²) in [6.45, 7) is 5.04. The molecule has 1 amide bonds. The highest BCUT2D eigenvalue weighted by Gasteiger charge is 2.36. The minimum atomic E-state index is 0.0332. The molecule has 2 aromatic rings. The van der Waals surface area contributed by atoms with Gasteiger partial charge in [-0.05, 0) is 69.7 Å². The van der Waals surface area contributed by atoms with E-state index in [0.717, 1.165) is 74.6 Å². The van der Waals surface area contributed by atoms with Crippen molar-refractivity contribution in [3.63, 3.8) is 0 Å². The molecule has 34 heavy (non-hydrogen) atoms. The van der Waals surface area contributed by atoms with Gasteiger partial charge < -0.3 is 24.6 Å². The average Bonchev–Trinajstić information content (AvgIpc) is 3.06. The average molecular weight is 463 g/mol. The molecule has 5 heterocycles. The maximum atomic E-state index is 14.0. The summed E-state index contributed by atoms with van der Waals surface area (Å²) in [5.74, 6) is 1.08. The Hall–Kier alpha value is -2.64. The van der Waals surface area contributed by atoms with Crippen LogP contribution in [0.4, 0.5) is 22.9 Å². The number of rotatable bonds is 4. The Balaban J connectivity index is 1.32. The zero-order chi connectivity index (χ0) is 23.1. The lowest BCUT2D eigenvalue weighted by atomic mass is 9.86. The van der Waals surface area contributed by atoms with Crippen LogP contribution < -0.4 is 15.1 Å². The van der Waals surface area contributed by atoms with E-state index in [1.54, 1.807) is 6.20 Å². The van der Waals surface area contributed by atoms with Crippen LogP contribution in [-0.2, 0) is 20.8 Å². The van der Waals surface area contributed by atoms with E-state index in [2.05, 4.69) is 39.5 Å². The van der Waals surface area contributed by atoms with Gasteiger partial charge in [0.15, 0.2) is 0 Å². The molecule has 7 heteroatoms. The molecule has 2 atom stereocenters. The van der Waals surface area contributed by atoms with E-state index >= 15 is 0 Å². The molecule has 7 nitrogen and oxygen atoms in total. The van der Waals surface area contributed by atoms with E-state index in [0.29, 0.717) is 24.8 Å². The number of fused-ring (bicyclic) bond motifs is 5. The fraction of sp³-hybridized carbons (Fsp3) is 0.556. The Morgan fingerprint density at radius 2 is 2.06 bits per heavy atom. The fourth-order valence-electron chi connectivity index (χ4n) is 6.09. The number of aromatic nitrogens is 1. The molecular weight excluding hydrogens is 428 g/mol. The minimum Gasteiger partial charge on any atom is -0.379 e. The van der Waals surface area contributed by atoms with Crippen LogP contribution in [0.5, 0.6) is 0 Å². The van der Waals surface area contributed by atoms with Crippen LogP contribution in [0.15, 0.2) is 36.5 Å². The van der Waals surface area contributed by atoms with Crippen molar-refractivity contribution < 1.29 is 14.3 Å². The van der Waals surface area contributed by atoms with E-state index in [9.17, 15) is 4.79 Å². The molecule has 0 radical (unpaired) electrons.